The van der Waals surface area contributed by atoms with E-state index in [0.717, 1.165) is 48.1 Å². The monoisotopic (exact) mass is 364 g/mol. The van der Waals surface area contributed by atoms with Crippen LogP contribution in [0.3, 0.4) is 0 Å². The molecule has 0 bridgehead atoms. The molecule has 1 aromatic heterocycles. The summed E-state index contributed by atoms with van der Waals surface area (Å²) in [6, 6.07) is 10.0. The molecule has 6 heteroatoms. The number of benzene rings is 1. The predicted molar refractivity (Wildman–Crippen MR) is 106 cm³/mol. The van der Waals surface area contributed by atoms with E-state index in [1.807, 2.05) is 35.2 Å². The molecule has 0 aliphatic carbocycles. The van der Waals surface area contributed by atoms with Gasteiger partial charge in [0.1, 0.15) is 6.61 Å². The van der Waals surface area contributed by atoms with Gasteiger partial charge in [0.2, 0.25) is 5.91 Å². The molecule has 1 aromatic carbocycles. The molecule has 1 fully saturated rings. The van der Waals surface area contributed by atoms with E-state index in [9.17, 15) is 4.79 Å². The number of nitrogens with two attached hydrogens (primary N) is 1. The minimum Gasteiger partial charge on any atom is -0.398 e. The summed E-state index contributed by atoms with van der Waals surface area (Å²) >= 11 is 0. The fraction of sp³-hybridized carbons (Fsp3) is 0.381. The molecule has 140 valence electrons. The highest BCUT2D eigenvalue weighted by Gasteiger charge is 2.45. The van der Waals surface area contributed by atoms with Gasteiger partial charge in [-0.15, -0.1) is 0 Å². The number of amides is 1. The Kier molecular flexibility index (Phi) is 4.66. The number of likely N-dealkylation sites (tertiary alicyclic amines) is 1. The van der Waals surface area contributed by atoms with E-state index in [1.54, 1.807) is 13.3 Å². The lowest BCUT2D eigenvalue weighted by atomic mass is 9.80. The van der Waals surface area contributed by atoms with Crippen LogP contribution < -0.4 is 5.73 Å². The second kappa shape index (κ2) is 7.12. The van der Waals surface area contributed by atoms with E-state index in [-0.39, 0.29) is 17.9 Å². The van der Waals surface area contributed by atoms with Crippen LogP contribution in [0.5, 0.6) is 0 Å². The molecule has 1 atom stereocenters. The van der Waals surface area contributed by atoms with Crippen LogP contribution in [0.1, 0.15) is 18.4 Å². The lowest BCUT2D eigenvalue weighted by molar-refractivity contribution is -0.134. The summed E-state index contributed by atoms with van der Waals surface area (Å²) in [6.45, 7) is 2.34. The first-order valence-electron chi connectivity index (χ1n) is 9.25. The summed E-state index contributed by atoms with van der Waals surface area (Å²) in [5, 5.41) is 1.06. The fourth-order valence-electron chi connectivity index (χ4n) is 4.06. The van der Waals surface area contributed by atoms with Crippen LogP contribution in [0.25, 0.3) is 16.6 Å². The van der Waals surface area contributed by atoms with Crippen molar-refractivity contribution >= 4 is 28.2 Å². The van der Waals surface area contributed by atoms with Gasteiger partial charge in [0.15, 0.2) is 0 Å². The Bertz CT molecular complexity index is 937. The maximum absolute atomic E-state index is 12.2. The number of fused-ring (bicyclic) bond motifs is 1. The molecule has 4 rings (SSSR count). The lowest BCUT2D eigenvalue weighted by Gasteiger charge is -2.25. The zero-order chi connectivity index (χ0) is 18.9. The number of hydrogen-bond donors (Lipinski definition) is 1. The van der Waals surface area contributed by atoms with Crippen molar-refractivity contribution in [2.75, 3.05) is 33.4 Å². The van der Waals surface area contributed by atoms with Gasteiger partial charge in [0.25, 0.3) is 0 Å². The summed E-state index contributed by atoms with van der Waals surface area (Å²) in [7, 11) is 1.55. The third kappa shape index (κ3) is 3.32. The standard InChI is InChI=1S/C21H24N4O2/c1-27-13-20(26)25-9-7-21(14-25)6-8-23-19(21)11-17(22)16-10-15-4-2-3-5-18(15)24-12-16/h2-5,10-12H,6-9,13-14,22H2,1H3. The van der Waals surface area contributed by atoms with Crippen LogP contribution in [-0.2, 0) is 9.53 Å². The van der Waals surface area contributed by atoms with Crippen molar-refractivity contribution in [3.05, 3.63) is 48.2 Å². The smallest absolute Gasteiger partial charge is 0.248 e. The Labute approximate surface area is 158 Å². The molecule has 1 saturated heterocycles. The summed E-state index contributed by atoms with van der Waals surface area (Å²) in [5.41, 5.74) is 9.82. The van der Waals surface area contributed by atoms with Gasteiger partial charge < -0.3 is 15.4 Å². The first kappa shape index (κ1) is 17.7. The van der Waals surface area contributed by atoms with Crippen molar-refractivity contribution in [2.45, 2.75) is 12.8 Å². The van der Waals surface area contributed by atoms with Crippen LogP contribution in [0.4, 0.5) is 0 Å². The van der Waals surface area contributed by atoms with Crippen LogP contribution in [0, 0.1) is 5.41 Å². The van der Waals surface area contributed by atoms with Crippen molar-refractivity contribution in [2.24, 2.45) is 16.1 Å². The third-order valence-corrected chi connectivity index (χ3v) is 5.61. The molecule has 3 heterocycles. The highest BCUT2D eigenvalue weighted by molar-refractivity contribution is 6.06. The van der Waals surface area contributed by atoms with Crippen LogP contribution in [0.2, 0.25) is 0 Å². The van der Waals surface area contributed by atoms with E-state index < -0.39 is 0 Å². The number of pyridine rings is 1. The number of para-hydroxylation sites is 1. The van der Waals surface area contributed by atoms with Gasteiger partial charge in [0, 0.05) is 60.7 Å². The molecular weight excluding hydrogens is 340 g/mol. The number of allylic oxidation sites excluding steroid dienone is 1. The minimum atomic E-state index is -0.0850. The highest BCUT2D eigenvalue weighted by atomic mass is 16.5. The third-order valence-electron chi connectivity index (χ3n) is 5.61. The molecule has 0 radical (unpaired) electrons. The normalized spacial score (nSPS) is 22.6. The molecule has 2 aliphatic rings. The number of nitrogens with zero attached hydrogens (tertiary/aromatic N) is 3. The number of aliphatic imine (C=N–C) groups is 1. The second-order valence-corrected chi connectivity index (χ2v) is 7.31. The summed E-state index contributed by atoms with van der Waals surface area (Å²) in [4.78, 5) is 23.3. The minimum absolute atomic E-state index is 0.0382. The molecule has 0 saturated carbocycles. The SMILES string of the molecule is COCC(=O)N1CCC2(CCN=C2C=C(N)c2cnc3ccccc3c2)C1. The van der Waals surface area contributed by atoms with Crippen molar-refractivity contribution in [1.29, 1.82) is 0 Å². The van der Waals surface area contributed by atoms with Gasteiger partial charge >= 0.3 is 0 Å². The maximum atomic E-state index is 12.2. The molecule has 1 unspecified atom stereocenters. The van der Waals surface area contributed by atoms with Crippen LogP contribution >= 0.6 is 0 Å². The number of rotatable bonds is 4. The average Bonchev–Trinajstić information content (AvgIpc) is 3.29. The number of methoxy groups -OCH3 is 1. The number of carbonyl (C=O) groups is 1. The van der Waals surface area contributed by atoms with Crippen LogP contribution in [-0.4, -0.2) is 54.9 Å². The molecule has 27 heavy (non-hydrogen) atoms. The topological polar surface area (TPSA) is 80.8 Å². The van der Waals surface area contributed by atoms with E-state index in [4.69, 9.17) is 15.5 Å². The van der Waals surface area contributed by atoms with Gasteiger partial charge in [-0.05, 0) is 31.1 Å². The van der Waals surface area contributed by atoms with Crippen molar-refractivity contribution in [3.8, 4) is 0 Å². The zero-order valence-electron chi connectivity index (χ0n) is 15.5. The first-order valence-corrected chi connectivity index (χ1v) is 9.25. The van der Waals surface area contributed by atoms with E-state index in [1.165, 1.54) is 0 Å². The lowest BCUT2D eigenvalue weighted by Crippen LogP contribution is -2.36. The maximum Gasteiger partial charge on any atom is 0.248 e. The van der Waals surface area contributed by atoms with Crippen molar-refractivity contribution < 1.29 is 9.53 Å². The molecule has 1 amide bonds. The van der Waals surface area contributed by atoms with Crippen LogP contribution in [0.15, 0.2) is 47.6 Å². The summed E-state index contributed by atoms with van der Waals surface area (Å²) in [5.74, 6) is 0.0382. The Morgan fingerprint density at radius 3 is 3.07 bits per heavy atom. The Morgan fingerprint density at radius 1 is 1.37 bits per heavy atom. The largest absolute Gasteiger partial charge is 0.398 e. The zero-order valence-corrected chi connectivity index (χ0v) is 15.5. The van der Waals surface area contributed by atoms with Gasteiger partial charge in [-0.3, -0.25) is 14.8 Å². The van der Waals surface area contributed by atoms with Gasteiger partial charge in [0.05, 0.1) is 5.52 Å². The molecular formula is C21H24N4O2. The van der Waals surface area contributed by atoms with Crippen molar-refractivity contribution in [1.82, 2.24) is 9.88 Å². The van der Waals surface area contributed by atoms with Gasteiger partial charge in [-0.25, -0.2) is 0 Å². The van der Waals surface area contributed by atoms with Gasteiger partial charge in [-0.2, -0.15) is 0 Å². The summed E-state index contributed by atoms with van der Waals surface area (Å²) < 4.78 is 4.99. The molecule has 2 aromatic rings. The van der Waals surface area contributed by atoms with E-state index in [2.05, 4.69) is 11.1 Å². The Morgan fingerprint density at radius 2 is 2.22 bits per heavy atom. The molecule has 1 spiro atoms. The summed E-state index contributed by atoms with van der Waals surface area (Å²) in [6.07, 6.45) is 5.66. The van der Waals surface area contributed by atoms with Crippen molar-refractivity contribution in [3.63, 3.8) is 0 Å². The predicted octanol–water partition coefficient (Wildman–Crippen LogP) is 2.24. The van der Waals surface area contributed by atoms with E-state index >= 15 is 0 Å². The van der Waals surface area contributed by atoms with E-state index in [0.29, 0.717) is 12.2 Å². The number of aromatic nitrogens is 1. The molecule has 2 aliphatic heterocycles. The number of carbonyl (C=O) groups excluding carboxylic acids is 1. The van der Waals surface area contributed by atoms with Gasteiger partial charge in [-0.1, -0.05) is 18.2 Å². The number of hydrogen-bond acceptors (Lipinski definition) is 5. The quantitative estimate of drug-likeness (QED) is 0.902. The Balaban J connectivity index is 1.57. The average molecular weight is 364 g/mol. The second-order valence-electron chi connectivity index (χ2n) is 7.31. The number of ether oxygens (including phenoxy) is 1. The fourth-order valence-corrected chi connectivity index (χ4v) is 4.06. The Hall–Kier alpha value is -2.73. The molecule has 6 nitrogen and oxygen atoms in total. The highest BCUT2D eigenvalue weighted by Crippen LogP contribution is 2.40. The molecule has 2 N–H and O–H groups in total. The first-order chi connectivity index (χ1) is 13.1.